The van der Waals surface area contributed by atoms with Gasteiger partial charge < -0.3 is 14.8 Å². The van der Waals surface area contributed by atoms with Gasteiger partial charge in [0.1, 0.15) is 11.3 Å². The summed E-state index contributed by atoms with van der Waals surface area (Å²) < 4.78 is 2.13. The Labute approximate surface area is 123 Å². The van der Waals surface area contributed by atoms with E-state index >= 15 is 0 Å². The predicted molar refractivity (Wildman–Crippen MR) is 79.6 cm³/mol. The van der Waals surface area contributed by atoms with Crippen LogP contribution in [-0.2, 0) is 0 Å². The van der Waals surface area contributed by atoms with Crippen LogP contribution in [0.4, 0.5) is 0 Å². The molecule has 3 rings (SSSR count). The van der Waals surface area contributed by atoms with Crippen LogP contribution >= 0.6 is 0 Å². The molecule has 0 amide bonds. The van der Waals surface area contributed by atoms with Crippen molar-refractivity contribution in [3.05, 3.63) is 29.6 Å². The molecule has 112 valence electrons. The van der Waals surface area contributed by atoms with E-state index < -0.39 is 5.97 Å². The fourth-order valence-corrected chi connectivity index (χ4v) is 2.77. The van der Waals surface area contributed by atoms with Crippen molar-refractivity contribution in [2.75, 3.05) is 6.61 Å². The van der Waals surface area contributed by atoms with Crippen molar-refractivity contribution in [3.63, 3.8) is 0 Å². The monoisotopic (exact) mass is 288 g/mol. The van der Waals surface area contributed by atoms with Crippen LogP contribution in [0.15, 0.2) is 18.2 Å². The highest BCUT2D eigenvalue weighted by Crippen LogP contribution is 2.42. The van der Waals surface area contributed by atoms with Gasteiger partial charge >= 0.3 is 5.97 Å². The quantitative estimate of drug-likeness (QED) is 0.887. The standard InChI is InChI=1S/C16H20N2O3/c1-9(8-19)10(2)18-13-5-3-4-12(16(20)21)14(13)17-15(18)11-6-7-11/h3-5,9-11,19H,6-8H2,1-2H3,(H,20,21). The molecular formula is C16H20N2O3. The second-order valence-corrected chi connectivity index (χ2v) is 5.99. The highest BCUT2D eigenvalue weighted by atomic mass is 16.4. The number of aliphatic hydroxyl groups excluding tert-OH is 1. The van der Waals surface area contributed by atoms with E-state index in [-0.39, 0.29) is 24.1 Å². The summed E-state index contributed by atoms with van der Waals surface area (Å²) in [5.41, 5.74) is 1.66. The van der Waals surface area contributed by atoms with Crippen LogP contribution in [0, 0.1) is 5.92 Å². The lowest BCUT2D eigenvalue weighted by atomic mass is 10.0. The zero-order valence-electron chi connectivity index (χ0n) is 12.3. The molecule has 0 saturated heterocycles. The van der Waals surface area contributed by atoms with Gasteiger partial charge in [0, 0.05) is 18.6 Å². The van der Waals surface area contributed by atoms with Gasteiger partial charge in [-0.25, -0.2) is 9.78 Å². The van der Waals surface area contributed by atoms with Crippen LogP contribution in [-0.4, -0.2) is 32.3 Å². The minimum Gasteiger partial charge on any atom is -0.478 e. The number of hydrogen-bond donors (Lipinski definition) is 2. The van der Waals surface area contributed by atoms with Crippen molar-refractivity contribution in [1.29, 1.82) is 0 Å². The number of aromatic carboxylic acids is 1. The summed E-state index contributed by atoms with van der Waals surface area (Å²) >= 11 is 0. The van der Waals surface area contributed by atoms with Crippen LogP contribution < -0.4 is 0 Å². The molecule has 1 saturated carbocycles. The van der Waals surface area contributed by atoms with Gasteiger partial charge in [-0.05, 0) is 37.8 Å². The molecule has 0 bridgehead atoms. The summed E-state index contributed by atoms with van der Waals surface area (Å²) in [6.45, 7) is 4.15. The van der Waals surface area contributed by atoms with E-state index in [1.807, 2.05) is 13.0 Å². The van der Waals surface area contributed by atoms with E-state index in [4.69, 9.17) is 0 Å². The van der Waals surface area contributed by atoms with Gasteiger partial charge in [-0.2, -0.15) is 0 Å². The second-order valence-electron chi connectivity index (χ2n) is 5.99. The highest BCUT2D eigenvalue weighted by molar-refractivity contribution is 6.01. The van der Waals surface area contributed by atoms with Gasteiger partial charge in [-0.15, -0.1) is 0 Å². The largest absolute Gasteiger partial charge is 0.478 e. The van der Waals surface area contributed by atoms with Crippen molar-refractivity contribution in [2.24, 2.45) is 5.92 Å². The summed E-state index contributed by atoms with van der Waals surface area (Å²) in [6, 6.07) is 5.36. The van der Waals surface area contributed by atoms with Crippen LogP contribution in [0.3, 0.4) is 0 Å². The number of nitrogens with zero attached hydrogens (tertiary/aromatic N) is 2. The average molecular weight is 288 g/mol. The molecule has 2 N–H and O–H groups in total. The number of carbonyl (C=O) groups is 1. The maximum atomic E-state index is 11.4. The van der Waals surface area contributed by atoms with Gasteiger partial charge in [0.25, 0.3) is 0 Å². The topological polar surface area (TPSA) is 75.3 Å². The zero-order valence-corrected chi connectivity index (χ0v) is 12.3. The molecule has 2 aromatic rings. The first-order valence-corrected chi connectivity index (χ1v) is 7.39. The van der Waals surface area contributed by atoms with Gasteiger partial charge in [0.05, 0.1) is 11.1 Å². The molecule has 1 fully saturated rings. The second kappa shape index (κ2) is 5.15. The van der Waals surface area contributed by atoms with Gasteiger partial charge in [-0.3, -0.25) is 0 Å². The number of aromatic nitrogens is 2. The van der Waals surface area contributed by atoms with E-state index in [2.05, 4.69) is 16.5 Å². The molecule has 0 aliphatic heterocycles. The first kappa shape index (κ1) is 14.1. The van der Waals surface area contributed by atoms with Crippen LogP contribution in [0.1, 0.15) is 54.8 Å². The van der Waals surface area contributed by atoms with E-state index in [0.717, 1.165) is 24.2 Å². The number of fused-ring (bicyclic) bond motifs is 1. The number of benzene rings is 1. The minimum atomic E-state index is -0.949. The molecule has 1 aliphatic carbocycles. The highest BCUT2D eigenvalue weighted by Gasteiger charge is 2.32. The molecule has 2 atom stereocenters. The molecule has 0 spiro atoms. The van der Waals surface area contributed by atoms with E-state index in [0.29, 0.717) is 11.4 Å². The first-order valence-electron chi connectivity index (χ1n) is 7.39. The maximum absolute atomic E-state index is 11.4. The Hall–Kier alpha value is -1.88. The number of hydrogen-bond acceptors (Lipinski definition) is 3. The number of carboxylic acid groups (broad SMARTS) is 1. The number of aliphatic hydroxyl groups is 1. The molecule has 5 nitrogen and oxygen atoms in total. The van der Waals surface area contributed by atoms with Gasteiger partial charge in [-0.1, -0.05) is 13.0 Å². The summed E-state index contributed by atoms with van der Waals surface area (Å²) in [7, 11) is 0. The molecule has 0 radical (unpaired) electrons. The van der Waals surface area contributed by atoms with Crippen molar-refractivity contribution >= 4 is 17.0 Å². The van der Waals surface area contributed by atoms with Crippen molar-refractivity contribution in [1.82, 2.24) is 9.55 Å². The Balaban J connectivity index is 2.23. The molecule has 1 aliphatic rings. The lowest BCUT2D eigenvalue weighted by Gasteiger charge is -2.22. The van der Waals surface area contributed by atoms with Gasteiger partial charge in [0.15, 0.2) is 0 Å². The Morgan fingerprint density at radius 1 is 1.43 bits per heavy atom. The Morgan fingerprint density at radius 2 is 2.14 bits per heavy atom. The van der Waals surface area contributed by atoms with E-state index in [1.165, 1.54) is 0 Å². The molecule has 2 unspecified atom stereocenters. The number of imidazole rings is 1. The Bertz CT molecular complexity index is 688. The summed E-state index contributed by atoms with van der Waals surface area (Å²) in [5.74, 6) is 0.530. The Morgan fingerprint density at radius 3 is 2.71 bits per heavy atom. The fourth-order valence-electron chi connectivity index (χ4n) is 2.77. The normalized spacial score (nSPS) is 17.9. The summed E-state index contributed by atoms with van der Waals surface area (Å²) in [5, 5.41) is 18.8. The molecule has 1 heterocycles. The molecular weight excluding hydrogens is 268 g/mol. The lowest BCUT2D eigenvalue weighted by Crippen LogP contribution is -2.19. The maximum Gasteiger partial charge on any atom is 0.337 e. The Kier molecular flexibility index (Phi) is 3.45. The molecule has 5 heteroatoms. The van der Waals surface area contributed by atoms with Gasteiger partial charge in [0.2, 0.25) is 0 Å². The molecule has 1 aromatic carbocycles. The van der Waals surface area contributed by atoms with Crippen LogP contribution in [0.5, 0.6) is 0 Å². The number of rotatable bonds is 5. The first-order chi connectivity index (χ1) is 10.0. The third-order valence-electron chi connectivity index (χ3n) is 4.44. The summed E-state index contributed by atoms with van der Waals surface area (Å²) in [6.07, 6.45) is 2.21. The fraction of sp³-hybridized carbons (Fsp3) is 0.500. The third-order valence-corrected chi connectivity index (χ3v) is 4.44. The van der Waals surface area contributed by atoms with E-state index in [9.17, 15) is 15.0 Å². The smallest absolute Gasteiger partial charge is 0.337 e. The molecule has 21 heavy (non-hydrogen) atoms. The van der Waals surface area contributed by atoms with E-state index in [1.54, 1.807) is 12.1 Å². The van der Waals surface area contributed by atoms with Crippen LogP contribution in [0.2, 0.25) is 0 Å². The summed E-state index contributed by atoms with van der Waals surface area (Å²) in [4.78, 5) is 16.0. The molecule has 1 aromatic heterocycles. The predicted octanol–water partition coefficient (Wildman–Crippen LogP) is 2.80. The SMILES string of the molecule is CC(CO)C(C)n1c(C2CC2)nc2c(C(=O)O)cccc21. The average Bonchev–Trinajstić information content (AvgIpc) is 3.25. The number of carboxylic acids is 1. The third kappa shape index (κ3) is 2.31. The van der Waals surface area contributed by atoms with Crippen molar-refractivity contribution in [2.45, 2.75) is 38.6 Å². The minimum absolute atomic E-state index is 0.0830. The lowest BCUT2D eigenvalue weighted by molar-refractivity contribution is 0.0699. The van der Waals surface area contributed by atoms with Crippen LogP contribution in [0.25, 0.3) is 11.0 Å². The van der Waals surface area contributed by atoms with Crippen molar-refractivity contribution < 1.29 is 15.0 Å². The zero-order chi connectivity index (χ0) is 15.1. The van der Waals surface area contributed by atoms with Crippen molar-refractivity contribution in [3.8, 4) is 0 Å². The number of para-hydroxylation sites is 1.